The van der Waals surface area contributed by atoms with Gasteiger partial charge in [0, 0.05) is 22.2 Å². The van der Waals surface area contributed by atoms with Gasteiger partial charge >= 0.3 is 0 Å². The van der Waals surface area contributed by atoms with Gasteiger partial charge in [-0.3, -0.25) is 9.59 Å². The second-order valence-electron chi connectivity index (χ2n) is 4.17. The van der Waals surface area contributed by atoms with Crippen molar-refractivity contribution in [3.8, 4) is 5.75 Å². The summed E-state index contributed by atoms with van der Waals surface area (Å²) < 4.78 is 18.4. The quantitative estimate of drug-likeness (QED) is 0.610. The molecule has 2 aromatic rings. The third-order valence-corrected chi connectivity index (χ3v) is 3.19. The van der Waals surface area contributed by atoms with Crippen molar-refractivity contribution in [1.82, 2.24) is 0 Å². The van der Waals surface area contributed by atoms with Crippen molar-refractivity contribution >= 4 is 35.3 Å². The third-order valence-electron chi connectivity index (χ3n) is 2.63. The summed E-state index contributed by atoms with van der Waals surface area (Å²) in [6, 6.07) is 7.98. The topological polar surface area (TPSA) is 43.4 Å². The smallest absolute Gasteiger partial charge is 0.201 e. The molecule has 0 heterocycles. The number of benzene rings is 2. The van der Waals surface area contributed by atoms with E-state index in [-0.39, 0.29) is 28.5 Å². The molecule has 0 aliphatic heterocycles. The van der Waals surface area contributed by atoms with Gasteiger partial charge in [0.15, 0.2) is 6.61 Å². The summed E-state index contributed by atoms with van der Waals surface area (Å²) in [5, 5.41) is 0.623. The van der Waals surface area contributed by atoms with E-state index in [2.05, 4.69) is 0 Å². The average molecular weight is 327 g/mol. The number of Topliss-reactive ketones (excluding diaryl/α,β-unsaturated/α-hetero) is 1. The Labute approximate surface area is 130 Å². The lowest BCUT2D eigenvalue weighted by Gasteiger charge is -2.08. The first-order valence-electron chi connectivity index (χ1n) is 5.86. The Bertz CT molecular complexity index is 701. The molecule has 21 heavy (non-hydrogen) atoms. The van der Waals surface area contributed by atoms with Gasteiger partial charge < -0.3 is 4.74 Å². The van der Waals surface area contributed by atoms with Crippen LogP contribution in [0.4, 0.5) is 4.39 Å². The molecule has 6 heteroatoms. The molecule has 0 bridgehead atoms. The summed E-state index contributed by atoms with van der Waals surface area (Å²) in [4.78, 5) is 22.6. The molecule has 0 saturated heterocycles. The zero-order valence-electron chi connectivity index (χ0n) is 10.6. The Morgan fingerprint density at radius 3 is 2.67 bits per heavy atom. The molecule has 0 aliphatic carbocycles. The van der Waals surface area contributed by atoms with Crippen molar-refractivity contribution < 1.29 is 18.7 Å². The Hall–Kier alpha value is -1.91. The van der Waals surface area contributed by atoms with Gasteiger partial charge in [0.1, 0.15) is 17.9 Å². The van der Waals surface area contributed by atoms with Crippen LogP contribution < -0.4 is 4.74 Å². The summed E-state index contributed by atoms with van der Waals surface area (Å²) in [5.74, 6) is -0.939. The van der Waals surface area contributed by atoms with Crippen molar-refractivity contribution in [3.63, 3.8) is 0 Å². The first kappa shape index (κ1) is 15.5. The maximum Gasteiger partial charge on any atom is 0.201 e. The predicted molar refractivity (Wildman–Crippen MR) is 78.1 cm³/mol. The third kappa shape index (κ3) is 4.03. The molecule has 0 atom stereocenters. The second-order valence-corrected chi connectivity index (χ2v) is 5.02. The van der Waals surface area contributed by atoms with Crippen LogP contribution in [-0.4, -0.2) is 18.7 Å². The van der Waals surface area contributed by atoms with Crippen molar-refractivity contribution in [3.05, 3.63) is 63.4 Å². The Morgan fingerprint density at radius 2 is 1.95 bits per heavy atom. The lowest BCUT2D eigenvalue weighted by Crippen LogP contribution is -2.12. The number of carbonyl (C=O) groups excluding carboxylic acids is 2. The van der Waals surface area contributed by atoms with Crippen molar-refractivity contribution in [1.29, 1.82) is 0 Å². The van der Waals surface area contributed by atoms with Gasteiger partial charge in [-0.1, -0.05) is 23.2 Å². The minimum Gasteiger partial charge on any atom is -0.485 e. The maximum atomic E-state index is 13.2. The molecule has 0 fully saturated rings. The first-order valence-corrected chi connectivity index (χ1v) is 6.62. The number of aldehydes is 1. The van der Waals surface area contributed by atoms with Crippen molar-refractivity contribution in [2.75, 3.05) is 6.61 Å². The molecule has 3 nitrogen and oxygen atoms in total. The van der Waals surface area contributed by atoms with Crippen LogP contribution in [0.3, 0.4) is 0 Å². The lowest BCUT2D eigenvalue weighted by atomic mass is 10.1. The minimum absolute atomic E-state index is 0.0867. The highest BCUT2D eigenvalue weighted by atomic mass is 35.5. The van der Waals surface area contributed by atoms with Crippen LogP contribution in [0.15, 0.2) is 36.4 Å². The van der Waals surface area contributed by atoms with Crippen LogP contribution in [0.1, 0.15) is 20.7 Å². The van der Waals surface area contributed by atoms with Gasteiger partial charge in [0.25, 0.3) is 0 Å². The largest absolute Gasteiger partial charge is 0.485 e. The van der Waals surface area contributed by atoms with Crippen molar-refractivity contribution in [2.24, 2.45) is 0 Å². The van der Waals surface area contributed by atoms with Crippen LogP contribution in [0.5, 0.6) is 5.75 Å². The highest BCUT2D eigenvalue weighted by Gasteiger charge is 2.12. The van der Waals surface area contributed by atoms with E-state index in [4.69, 9.17) is 27.9 Å². The summed E-state index contributed by atoms with van der Waals surface area (Å²) in [6.45, 7) is -0.345. The molecule has 0 spiro atoms. The van der Waals surface area contributed by atoms with E-state index < -0.39 is 11.6 Å². The Balaban J connectivity index is 2.12. The molecule has 0 radical (unpaired) electrons. The molecule has 0 aromatic heterocycles. The zero-order valence-corrected chi connectivity index (χ0v) is 12.1. The number of ketones is 1. The molecule has 0 saturated carbocycles. The van der Waals surface area contributed by atoms with E-state index in [0.717, 1.165) is 12.1 Å². The number of carbonyl (C=O) groups is 2. The average Bonchev–Trinajstić information content (AvgIpc) is 2.46. The normalized spacial score (nSPS) is 10.2. The molecule has 0 N–H and O–H groups in total. The summed E-state index contributed by atoms with van der Waals surface area (Å²) in [5.41, 5.74) is 0.342. The fraction of sp³-hybridized carbons (Fsp3) is 0.0667. The van der Waals surface area contributed by atoms with Crippen LogP contribution in [-0.2, 0) is 0 Å². The predicted octanol–water partition coefficient (Wildman–Crippen LogP) is 4.21. The monoisotopic (exact) mass is 326 g/mol. The Morgan fingerprint density at radius 1 is 1.19 bits per heavy atom. The van der Waals surface area contributed by atoms with E-state index in [9.17, 15) is 14.0 Å². The summed E-state index contributed by atoms with van der Waals surface area (Å²) in [7, 11) is 0. The van der Waals surface area contributed by atoms with E-state index in [0.29, 0.717) is 11.3 Å². The number of rotatable bonds is 5. The number of ether oxygens (including phenoxy) is 1. The molecular formula is C15H9Cl2FO3. The van der Waals surface area contributed by atoms with E-state index in [1.54, 1.807) is 6.07 Å². The standard InChI is InChI=1S/C15H9Cl2FO3/c16-10-1-2-14(17)13(5-10)15(20)8-21-12-4-9(7-19)3-11(18)6-12/h1-7H,8H2. The number of halogens is 3. The molecule has 2 rings (SSSR count). The second kappa shape index (κ2) is 6.70. The van der Waals surface area contributed by atoms with Gasteiger partial charge in [-0.15, -0.1) is 0 Å². The maximum absolute atomic E-state index is 13.2. The van der Waals surface area contributed by atoms with E-state index >= 15 is 0 Å². The SMILES string of the molecule is O=Cc1cc(F)cc(OCC(=O)c2cc(Cl)ccc2Cl)c1. The number of hydrogen-bond acceptors (Lipinski definition) is 3. The summed E-state index contributed by atoms with van der Waals surface area (Å²) in [6.07, 6.45) is 0.492. The van der Waals surface area contributed by atoms with Gasteiger partial charge in [-0.2, -0.15) is 0 Å². The zero-order chi connectivity index (χ0) is 15.4. The van der Waals surface area contributed by atoms with Gasteiger partial charge in [-0.25, -0.2) is 4.39 Å². The first-order chi connectivity index (χ1) is 9.99. The molecule has 108 valence electrons. The van der Waals surface area contributed by atoms with E-state index in [1.165, 1.54) is 18.2 Å². The minimum atomic E-state index is -0.622. The fourth-order valence-electron chi connectivity index (χ4n) is 1.67. The van der Waals surface area contributed by atoms with Crippen LogP contribution in [0.2, 0.25) is 10.0 Å². The molecule has 2 aromatic carbocycles. The number of hydrogen-bond donors (Lipinski definition) is 0. The van der Waals surface area contributed by atoms with E-state index in [1.807, 2.05) is 0 Å². The van der Waals surface area contributed by atoms with Crippen LogP contribution >= 0.6 is 23.2 Å². The van der Waals surface area contributed by atoms with Crippen LogP contribution in [0, 0.1) is 5.82 Å². The molecule has 0 aliphatic rings. The van der Waals surface area contributed by atoms with Crippen molar-refractivity contribution in [2.45, 2.75) is 0 Å². The van der Waals surface area contributed by atoms with Gasteiger partial charge in [-0.05, 0) is 30.3 Å². The highest BCUT2D eigenvalue weighted by molar-refractivity contribution is 6.35. The molecule has 0 unspecified atom stereocenters. The molecule has 0 amide bonds. The van der Waals surface area contributed by atoms with Gasteiger partial charge in [0.2, 0.25) is 5.78 Å². The molecular weight excluding hydrogens is 318 g/mol. The van der Waals surface area contributed by atoms with Crippen LogP contribution in [0.25, 0.3) is 0 Å². The lowest BCUT2D eigenvalue weighted by molar-refractivity contribution is 0.0921. The van der Waals surface area contributed by atoms with Gasteiger partial charge in [0.05, 0.1) is 5.02 Å². The highest BCUT2D eigenvalue weighted by Crippen LogP contribution is 2.22. The Kier molecular flexibility index (Phi) is 4.94. The summed E-state index contributed by atoms with van der Waals surface area (Å²) >= 11 is 11.7. The fourth-order valence-corrected chi connectivity index (χ4v) is 2.07.